The predicted octanol–water partition coefficient (Wildman–Crippen LogP) is 2.88. The van der Waals surface area contributed by atoms with Crippen molar-refractivity contribution in [2.45, 2.75) is 44.7 Å². The quantitative estimate of drug-likeness (QED) is 0.713. The minimum absolute atomic E-state index is 0.124. The lowest BCUT2D eigenvalue weighted by Gasteiger charge is -2.20. The van der Waals surface area contributed by atoms with Crippen molar-refractivity contribution in [3.63, 3.8) is 0 Å². The smallest absolute Gasteiger partial charge is 0.241 e. The van der Waals surface area contributed by atoms with Crippen molar-refractivity contribution in [3.8, 4) is 6.07 Å². The number of nitrogens with zero attached hydrogens (tertiary/aromatic N) is 1. The molecule has 2 N–H and O–H groups in total. The van der Waals surface area contributed by atoms with Gasteiger partial charge in [-0.3, -0.25) is 4.79 Å². The van der Waals surface area contributed by atoms with Gasteiger partial charge in [0.25, 0.3) is 0 Å². The molecule has 0 spiro atoms. The van der Waals surface area contributed by atoms with Crippen LogP contribution in [-0.4, -0.2) is 20.4 Å². The van der Waals surface area contributed by atoms with Crippen molar-refractivity contribution in [3.05, 3.63) is 65.2 Å². The van der Waals surface area contributed by atoms with Crippen LogP contribution in [0.15, 0.2) is 53.4 Å². The average Bonchev–Trinajstić information content (AvgIpc) is 2.65. The summed E-state index contributed by atoms with van der Waals surface area (Å²) in [5.74, 6) is -0.273. The fourth-order valence-electron chi connectivity index (χ4n) is 2.72. The molecule has 0 saturated carbocycles. The number of aryl methyl sites for hydroxylation is 1. The normalized spacial score (nSPS) is 12.4. The molecule has 2 aromatic carbocycles. The maximum absolute atomic E-state index is 12.7. The summed E-state index contributed by atoms with van der Waals surface area (Å²) in [4.78, 5) is 12.8. The minimum atomic E-state index is -3.81. The lowest BCUT2D eigenvalue weighted by molar-refractivity contribution is -0.123. The first-order valence-electron chi connectivity index (χ1n) is 9.07. The number of amides is 1. The summed E-state index contributed by atoms with van der Waals surface area (Å²) in [6, 6.07) is 14.6. The Bertz CT molecular complexity index is 961. The van der Waals surface area contributed by atoms with Gasteiger partial charge < -0.3 is 5.32 Å². The van der Waals surface area contributed by atoms with Crippen LogP contribution in [0.25, 0.3) is 0 Å². The summed E-state index contributed by atoms with van der Waals surface area (Å²) in [5.41, 5.74) is 2.23. The Morgan fingerprint density at radius 3 is 2.43 bits per heavy atom. The molecule has 1 unspecified atom stereocenters. The van der Waals surface area contributed by atoms with Crippen molar-refractivity contribution in [1.29, 1.82) is 5.26 Å². The van der Waals surface area contributed by atoms with Gasteiger partial charge in [-0.15, -0.1) is 0 Å². The van der Waals surface area contributed by atoms with E-state index < -0.39 is 22.0 Å². The molecule has 7 heteroatoms. The van der Waals surface area contributed by atoms with Crippen molar-refractivity contribution in [2.75, 3.05) is 0 Å². The van der Waals surface area contributed by atoms with E-state index in [1.807, 2.05) is 20.8 Å². The largest absolute Gasteiger partial charge is 0.351 e. The number of hydrogen-bond donors (Lipinski definition) is 2. The number of carbonyl (C=O) groups is 1. The molecule has 28 heavy (non-hydrogen) atoms. The van der Waals surface area contributed by atoms with Crippen LogP contribution in [0.3, 0.4) is 0 Å². The van der Waals surface area contributed by atoms with Gasteiger partial charge in [-0.05, 0) is 49.1 Å². The number of benzene rings is 2. The van der Waals surface area contributed by atoms with Gasteiger partial charge in [0, 0.05) is 6.54 Å². The zero-order valence-corrected chi connectivity index (χ0v) is 17.1. The molecule has 0 saturated heterocycles. The maximum atomic E-state index is 12.7. The topological polar surface area (TPSA) is 99.1 Å². The van der Waals surface area contributed by atoms with E-state index in [0.717, 1.165) is 11.1 Å². The second-order valence-electron chi connectivity index (χ2n) is 7.15. The fraction of sp³-hybridized carbons (Fsp3) is 0.333. The monoisotopic (exact) mass is 399 g/mol. The molecule has 0 aliphatic rings. The van der Waals surface area contributed by atoms with Gasteiger partial charge in [-0.1, -0.05) is 43.7 Å². The van der Waals surface area contributed by atoms with E-state index in [-0.39, 0.29) is 17.4 Å². The van der Waals surface area contributed by atoms with Crippen LogP contribution in [0.4, 0.5) is 0 Å². The predicted molar refractivity (Wildman–Crippen MR) is 108 cm³/mol. The van der Waals surface area contributed by atoms with Crippen molar-refractivity contribution in [1.82, 2.24) is 10.0 Å². The molecule has 0 radical (unpaired) electrons. The number of nitriles is 1. The second kappa shape index (κ2) is 9.49. The van der Waals surface area contributed by atoms with E-state index in [0.29, 0.717) is 12.0 Å². The Morgan fingerprint density at radius 1 is 1.14 bits per heavy atom. The third-order valence-electron chi connectivity index (χ3n) is 4.18. The van der Waals surface area contributed by atoms with E-state index in [1.165, 1.54) is 12.1 Å². The SMILES string of the molecule is Cc1ccc(S(=O)(=O)NC(CC(C)C)C(=O)NCc2cccc(C#N)c2)cc1. The Morgan fingerprint density at radius 2 is 1.82 bits per heavy atom. The molecule has 148 valence electrons. The van der Waals surface area contributed by atoms with E-state index in [1.54, 1.807) is 36.4 Å². The Labute approximate surface area is 166 Å². The number of nitrogens with one attached hydrogen (secondary N) is 2. The Hall–Kier alpha value is -2.69. The molecule has 0 aliphatic carbocycles. The van der Waals surface area contributed by atoms with Crippen LogP contribution >= 0.6 is 0 Å². The summed E-state index contributed by atoms with van der Waals surface area (Å²) >= 11 is 0. The summed E-state index contributed by atoms with van der Waals surface area (Å²) in [5, 5.41) is 11.7. The molecule has 0 bridgehead atoms. The van der Waals surface area contributed by atoms with Gasteiger partial charge in [-0.25, -0.2) is 8.42 Å². The van der Waals surface area contributed by atoms with Crippen molar-refractivity contribution in [2.24, 2.45) is 5.92 Å². The molecule has 0 aliphatic heterocycles. The fourth-order valence-corrected chi connectivity index (χ4v) is 3.92. The summed E-state index contributed by atoms with van der Waals surface area (Å²) < 4.78 is 27.9. The summed E-state index contributed by atoms with van der Waals surface area (Å²) in [6.45, 7) is 5.95. The highest BCUT2D eigenvalue weighted by Crippen LogP contribution is 2.14. The van der Waals surface area contributed by atoms with Gasteiger partial charge >= 0.3 is 0 Å². The molecule has 0 fully saturated rings. The van der Waals surface area contributed by atoms with Gasteiger partial charge in [0.1, 0.15) is 6.04 Å². The van der Waals surface area contributed by atoms with Crippen LogP contribution in [0.1, 0.15) is 37.0 Å². The first-order chi connectivity index (χ1) is 13.2. The molecule has 0 aromatic heterocycles. The second-order valence-corrected chi connectivity index (χ2v) is 8.86. The maximum Gasteiger partial charge on any atom is 0.241 e. The van der Waals surface area contributed by atoms with Crippen molar-refractivity contribution >= 4 is 15.9 Å². The highest BCUT2D eigenvalue weighted by atomic mass is 32.2. The molecule has 1 amide bonds. The molecule has 0 heterocycles. The summed E-state index contributed by atoms with van der Waals surface area (Å²) in [6.07, 6.45) is 0.370. The molecule has 2 rings (SSSR count). The first-order valence-corrected chi connectivity index (χ1v) is 10.6. The van der Waals surface area contributed by atoms with E-state index in [2.05, 4.69) is 16.1 Å². The van der Waals surface area contributed by atoms with E-state index >= 15 is 0 Å². The van der Waals surface area contributed by atoms with Crippen molar-refractivity contribution < 1.29 is 13.2 Å². The third-order valence-corrected chi connectivity index (χ3v) is 5.66. The average molecular weight is 400 g/mol. The first kappa shape index (κ1) is 21.6. The van der Waals surface area contributed by atoms with Crippen LogP contribution < -0.4 is 10.0 Å². The lowest BCUT2D eigenvalue weighted by Crippen LogP contribution is -2.47. The third kappa shape index (κ3) is 6.19. The lowest BCUT2D eigenvalue weighted by atomic mass is 10.0. The zero-order chi connectivity index (χ0) is 20.7. The van der Waals surface area contributed by atoms with Gasteiger partial charge in [-0.2, -0.15) is 9.98 Å². The Balaban J connectivity index is 2.12. The van der Waals surface area contributed by atoms with Gasteiger partial charge in [0.15, 0.2) is 0 Å². The number of sulfonamides is 1. The summed E-state index contributed by atoms with van der Waals surface area (Å²) in [7, 11) is -3.81. The molecule has 2 aromatic rings. The number of carbonyl (C=O) groups excluding carboxylic acids is 1. The highest BCUT2D eigenvalue weighted by Gasteiger charge is 2.26. The molecular formula is C21H25N3O3S. The highest BCUT2D eigenvalue weighted by molar-refractivity contribution is 7.89. The molecule has 6 nitrogen and oxygen atoms in total. The number of hydrogen-bond acceptors (Lipinski definition) is 4. The standard InChI is InChI=1S/C21H25N3O3S/c1-15(2)11-20(24-28(26,27)19-9-7-16(3)8-10-19)21(25)23-14-18-6-4-5-17(12-18)13-22/h4-10,12,15,20,24H,11,14H2,1-3H3,(H,23,25). The van der Waals surface area contributed by atoms with Crippen LogP contribution in [-0.2, 0) is 21.4 Å². The zero-order valence-electron chi connectivity index (χ0n) is 16.3. The van der Waals surface area contributed by atoms with Crippen LogP contribution in [0, 0.1) is 24.2 Å². The number of rotatable bonds is 8. The van der Waals surface area contributed by atoms with Crippen LogP contribution in [0.2, 0.25) is 0 Å². The van der Waals surface area contributed by atoms with E-state index in [4.69, 9.17) is 5.26 Å². The van der Waals surface area contributed by atoms with Gasteiger partial charge in [0.05, 0.1) is 16.5 Å². The van der Waals surface area contributed by atoms with Gasteiger partial charge in [0.2, 0.25) is 15.9 Å². The minimum Gasteiger partial charge on any atom is -0.351 e. The molecule has 1 atom stereocenters. The van der Waals surface area contributed by atoms with E-state index in [9.17, 15) is 13.2 Å². The molecular weight excluding hydrogens is 374 g/mol. The Kier molecular flexibility index (Phi) is 7.32. The van der Waals surface area contributed by atoms with Crippen LogP contribution in [0.5, 0.6) is 0 Å².